The Morgan fingerprint density at radius 1 is 1.24 bits per heavy atom. The summed E-state index contributed by atoms with van der Waals surface area (Å²) in [5.74, 6) is 0. The highest BCUT2D eigenvalue weighted by molar-refractivity contribution is 6.03. The fourth-order valence-electron chi connectivity index (χ4n) is 2.62. The van der Waals surface area contributed by atoms with Crippen LogP contribution in [0.4, 0.5) is 16.2 Å². The topological polar surface area (TPSA) is 52.6 Å². The molecule has 108 valence electrons. The van der Waals surface area contributed by atoms with Gasteiger partial charge >= 0.3 is 6.03 Å². The number of amides is 2. The molecule has 2 aromatic rings. The van der Waals surface area contributed by atoms with Gasteiger partial charge in [-0.15, -0.1) is 0 Å². The van der Waals surface area contributed by atoms with Crippen LogP contribution in [0, 0.1) is 0 Å². The predicted molar refractivity (Wildman–Crippen MR) is 83.6 cm³/mol. The highest BCUT2D eigenvalue weighted by Gasteiger charge is 2.24. The molecular formula is C17H18N2O2. The van der Waals surface area contributed by atoms with Crippen molar-refractivity contribution in [1.29, 1.82) is 0 Å². The first-order valence-corrected chi connectivity index (χ1v) is 7.09. The van der Waals surface area contributed by atoms with Crippen LogP contribution >= 0.6 is 0 Å². The van der Waals surface area contributed by atoms with Gasteiger partial charge < -0.3 is 10.4 Å². The molecule has 21 heavy (non-hydrogen) atoms. The molecule has 0 radical (unpaired) electrons. The summed E-state index contributed by atoms with van der Waals surface area (Å²) in [6.45, 7) is 2.40. The van der Waals surface area contributed by atoms with Crippen LogP contribution in [-0.4, -0.2) is 17.7 Å². The van der Waals surface area contributed by atoms with Crippen molar-refractivity contribution >= 4 is 17.4 Å². The van der Waals surface area contributed by atoms with Crippen LogP contribution in [0.25, 0.3) is 0 Å². The van der Waals surface area contributed by atoms with Crippen LogP contribution in [0.2, 0.25) is 0 Å². The Kier molecular flexibility index (Phi) is 3.62. The molecule has 1 atom stereocenters. The number of rotatable bonds is 2. The number of aliphatic hydroxyl groups excluding tert-OH is 1. The van der Waals surface area contributed by atoms with Crippen molar-refractivity contribution in [1.82, 2.24) is 0 Å². The van der Waals surface area contributed by atoms with E-state index in [-0.39, 0.29) is 6.03 Å². The van der Waals surface area contributed by atoms with Gasteiger partial charge in [-0.3, -0.25) is 4.90 Å². The minimum absolute atomic E-state index is 0.136. The zero-order valence-corrected chi connectivity index (χ0v) is 11.9. The van der Waals surface area contributed by atoms with Crippen molar-refractivity contribution in [3.05, 3.63) is 59.7 Å². The van der Waals surface area contributed by atoms with Crippen LogP contribution in [0.5, 0.6) is 0 Å². The minimum atomic E-state index is -0.547. The van der Waals surface area contributed by atoms with Crippen molar-refractivity contribution in [2.45, 2.75) is 19.4 Å². The SMILES string of the molecule is CC(O)c1cccc(NC(=O)N2CCc3ccccc32)c1. The molecule has 4 heteroatoms. The molecule has 0 aliphatic carbocycles. The van der Waals surface area contributed by atoms with Gasteiger partial charge in [0.2, 0.25) is 0 Å². The summed E-state index contributed by atoms with van der Waals surface area (Å²) in [6, 6.07) is 15.1. The molecule has 2 amide bonds. The summed E-state index contributed by atoms with van der Waals surface area (Å²) in [7, 11) is 0. The van der Waals surface area contributed by atoms with Gasteiger partial charge in [-0.1, -0.05) is 30.3 Å². The molecule has 0 fully saturated rings. The summed E-state index contributed by atoms with van der Waals surface area (Å²) in [5, 5.41) is 12.5. The highest BCUT2D eigenvalue weighted by Crippen LogP contribution is 2.28. The number of hydrogen-bond acceptors (Lipinski definition) is 2. The molecule has 0 bridgehead atoms. The third-order valence-corrected chi connectivity index (χ3v) is 3.75. The maximum atomic E-state index is 12.4. The Balaban J connectivity index is 1.77. The van der Waals surface area contributed by atoms with Gasteiger partial charge in [0.25, 0.3) is 0 Å². The maximum absolute atomic E-state index is 12.4. The van der Waals surface area contributed by atoms with Crippen molar-refractivity contribution in [2.75, 3.05) is 16.8 Å². The first-order chi connectivity index (χ1) is 10.1. The number of hydrogen-bond donors (Lipinski definition) is 2. The molecule has 0 saturated carbocycles. The van der Waals surface area contributed by atoms with Crippen LogP contribution in [0.1, 0.15) is 24.2 Å². The van der Waals surface area contributed by atoms with E-state index in [2.05, 4.69) is 11.4 Å². The molecule has 1 aliphatic rings. The van der Waals surface area contributed by atoms with Crippen molar-refractivity contribution < 1.29 is 9.90 Å². The van der Waals surface area contributed by atoms with E-state index in [4.69, 9.17) is 0 Å². The molecule has 1 heterocycles. The third-order valence-electron chi connectivity index (χ3n) is 3.75. The zero-order valence-electron chi connectivity index (χ0n) is 11.9. The quantitative estimate of drug-likeness (QED) is 0.887. The minimum Gasteiger partial charge on any atom is -0.389 e. The van der Waals surface area contributed by atoms with Crippen molar-refractivity contribution in [3.63, 3.8) is 0 Å². The van der Waals surface area contributed by atoms with E-state index in [9.17, 15) is 9.90 Å². The number of para-hydroxylation sites is 1. The molecule has 3 rings (SSSR count). The Morgan fingerprint density at radius 3 is 2.86 bits per heavy atom. The number of carbonyl (C=O) groups excluding carboxylic acids is 1. The Bertz CT molecular complexity index is 667. The second-order valence-electron chi connectivity index (χ2n) is 5.26. The van der Waals surface area contributed by atoms with Crippen LogP contribution in [-0.2, 0) is 6.42 Å². The second kappa shape index (κ2) is 5.58. The Labute approximate surface area is 124 Å². The number of anilines is 2. The fraction of sp³-hybridized carbons (Fsp3) is 0.235. The van der Waals surface area contributed by atoms with Crippen molar-refractivity contribution in [2.24, 2.45) is 0 Å². The molecule has 2 aromatic carbocycles. The van der Waals surface area contributed by atoms with Gasteiger partial charge in [-0.05, 0) is 42.7 Å². The van der Waals surface area contributed by atoms with E-state index in [1.165, 1.54) is 5.56 Å². The summed E-state index contributed by atoms with van der Waals surface area (Å²) >= 11 is 0. The lowest BCUT2D eigenvalue weighted by Crippen LogP contribution is -2.33. The van der Waals surface area contributed by atoms with E-state index in [0.29, 0.717) is 12.2 Å². The number of nitrogens with zero attached hydrogens (tertiary/aromatic N) is 1. The van der Waals surface area contributed by atoms with E-state index in [1.807, 2.05) is 36.4 Å². The molecule has 0 spiro atoms. The molecule has 1 aliphatic heterocycles. The van der Waals surface area contributed by atoms with Gasteiger partial charge in [0.05, 0.1) is 6.10 Å². The summed E-state index contributed by atoms with van der Waals surface area (Å²) in [6.07, 6.45) is 0.339. The van der Waals surface area contributed by atoms with Crippen molar-refractivity contribution in [3.8, 4) is 0 Å². The number of carbonyl (C=O) groups is 1. The van der Waals surface area contributed by atoms with Gasteiger partial charge in [-0.2, -0.15) is 0 Å². The van der Waals surface area contributed by atoms with E-state index < -0.39 is 6.10 Å². The zero-order chi connectivity index (χ0) is 14.8. The average Bonchev–Trinajstić information content (AvgIpc) is 2.91. The number of benzene rings is 2. The normalized spacial score (nSPS) is 14.7. The van der Waals surface area contributed by atoms with Gasteiger partial charge in [-0.25, -0.2) is 4.79 Å². The lowest BCUT2D eigenvalue weighted by atomic mass is 10.1. The van der Waals surface area contributed by atoms with Crippen LogP contribution < -0.4 is 10.2 Å². The average molecular weight is 282 g/mol. The molecule has 0 saturated heterocycles. The second-order valence-corrected chi connectivity index (χ2v) is 5.26. The van der Waals surface area contributed by atoms with Crippen LogP contribution in [0.15, 0.2) is 48.5 Å². The van der Waals surface area contributed by atoms with Gasteiger partial charge in [0.1, 0.15) is 0 Å². The van der Waals surface area contributed by atoms with E-state index >= 15 is 0 Å². The Morgan fingerprint density at radius 2 is 2.05 bits per heavy atom. The molecule has 1 unspecified atom stereocenters. The molecular weight excluding hydrogens is 264 g/mol. The first-order valence-electron chi connectivity index (χ1n) is 7.09. The largest absolute Gasteiger partial charge is 0.389 e. The smallest absolute Gasteiger partial charge is 0.326 e. The predicted octanol–water partition coefficient (Wildman–Crippen LogP) is 3.33. The summed E-state index contributed by atoms with van der Waals surface area (Å²) < 4.78 is 0. The molecule has 2 N–H and O–H groups in total. The summed E-state index contributed by atoms with van der Waals surface area (Å²) in [5.41, 5.74) is 3.66. The number of nitrogens with one attached hydrogen (secondary N) is 1. The molecule has 4 nitrogen and oxygen atoms in total. The van der Waals surface area contributed by atoms with E-state index in [1.54, 1.807) is 17.9 Å². The van der Waals surface area contributed by atoms with E-state index in [0.717, 1.165) is 17.7 Å². The summed E-state index contributed by atoms with van der Waals surface area (Å²) in [4.78, 5) is 14.2. The Hall–Kier alpha value is -2.33. The van der Waals surface area contributed by atoms with Crippen LogP contribution in [0.3, 0.4) is 0 Å². The van der Waals surface area contributed by atoms with Gasteiger partial charge in [0.15, 0.2) is 0 Å². The highest BCUT2D eigenvalue weighted by atomic mass is 16.3. The number of fused-ring (bicyclic) bond motifs is 1. The van der Waals surface area contributed by atoms with Gasteiger partial charge in [0, 0.05) is 17.9 Å². The fourth-order valence-corrected chi connectivity index (χ4v) is 2.62. The third kappa shape index (κ3) is 2.76. The monoisotopic (exact) mass is 282 g/mol. The first kappa shape index (κ1) is 13.6. The lowest BCUT2D eigenvalue weighted by Gasteiger charge is -2.18. The standard InChI is InChI=1S/C17H18N2O2/c1-12(20)14-6-4-7-15(11-14)18-17(21)19-10-9-13-5-2-3-8-16(13)19/h2-8,11-12,20H,9-10H2,1H3,(H,18,21). The maximum Gasteiger partial charge on any atom is 0.326 e. The lowest BCUT2D eigenvalue weighted by molar-refractivity contribution is 0.199. The molecule has 0 aromatic heterocycles. The number of aliphatic hydroxyl groups is 1. The number of urea groups is 1.